The Balaban J connectivity index is 2.32. The fourth-order valence-corrected chi connectivity index (χ4v) is 2.58. The van der Waals surface area contributed by atoms with Gasteiger partial charge in [0.2, 0.25) is 5.95 Å². The molecule has 0 saturated carbocycles. The van der Waals surface area contributed by atoms with E-state index < -0.39 is 17.6 Å². The summed E-state index contributed by atoms with van der Waals surface area (Å²) in [7, 11) is 0. The minimum absolute atomic E-state index is 0.129. The van der Waals surface area contributed by atoms with Crippen LogP contribution in [0.4, 0.5) is 9.18 Å². The Morgan fingerprint density at radius 1 is 1.33 bits per heavy atom. The summed E-state index contributed by atoms with van der Waals surface area (Å²) in [6.07, 6.45) is 0.374. The fourth-order valence-electron chi connectivity index (χ4n) is 2.58. The predicted octanol–water partition coefficient (Wildman–Crippen LogP) is 3.94. The molecule has 0 unspecified atom stereocenters. The van der Waals surface area contributed by atoms with Gasteiger partial charge in [0.05, 0.1) is 11.1 Å². The van der Waals surface area contributed by atoms with Crippen LogP contribution in [0.3, 0.4) is 0 Å². The Bertz CT molecular complexity index is 770. The average Bonchev–Trinajstić information content (AvgIpc) is 2.83. The molecule has 0 saturated heterocycles. The summed E-state index contributed by atoms with van der Waals surface area (Å²) in [5.74, 6) is -0.531. The highest BCUT2D eigenvalue weighted by Crippen LogP contribution is 2.28. The van der Waals surface area contributed by atoms with E-state index >= 15 is 0 Å². The van der Waals surface area contributed by atoms with E-state index in [-0.39, 0.29) is 24.2 Å². The molecule has 0 radical (unpaired) electrons. The minimum Gasteiger partial charge on any atom is -0.465 e. The van der Waals surface area contributed by atoms with E-state index in [4.69, 9.17) is 0 Å². The maximum absolute atomic E-state index is 14.8. The lowest BCUT2D eigenvalue weighted by Crippen LogP contribution is -2.46. The van der Waals surface area contributed by atoms with Crippen LogP contribution >= 0.6 is 0 Å². The number of hydrogen-bond donors (Lipinski definition) is 1. The number of carbonyl (C=O) groups is 1. The van der Waals surface area contributed by atoms with Gasteiger partial charge in [0, 0.05) is 24.8 Å². The van der Waals surface area contributed by atoms with Crippen molar-refractivity contribution in [3.63, 3.8) is 0 Å². The lowest BCUT2D eigenvalue weighted by molar-refractivity contribution is 0.0971. The lowest BCUT2D eigenvalue weighted by atomic mass is 10.1. The second kappa shape index (κ2) is 6.75. The number of carboxylic acid groups (broad SMARTS) is 1. The third kappa shape index (κ3) is 3.57. The molecule has 0 spiro atoms. The maximum Gasteiger partial charge on any atom is 0.407 e. The zero-order valence-corrected chi connectivity index (χ0v) is 14.0. The van der Waals surface area contributed by atoms with Crippen LogP contribution in [0.25, 0.3) is 11.1 Å². The highest BCUT2D eigenvalue weighted by atomic mass is 19.1. The summed E-state index contributed by atoms with van der Waals surface area (Å²) in [6.45, 7) is 5.61. The number of hydrogen-bond acceptors (Lipinski definition) is 2. The van der Waals surface area contributed by atoms with Crippen molar-refractivity contribution in [2.45, 2.75) is 32.9 Å². The van der Waals surface area contributed by atoms with Crippen molar-refractivity contribution in [2.24, 2.45) is 0 Å². The zero-order chi connectivity index (χ0) is 17.9. The Hall–Kier alpha value is -2.81. The van der Waals surface area contributed by atoms with E-state index in [2.05, 4.69) is 0 Å². The van der Waals surface area contributed by atoms with Crippen molar-refractivity contribution in [3.8, 4) is 17.2 Å². The van der Waals surface area contributed by atoms with E-state index in [1.807, 2.05) is 12.1 Å². The molecule has 2 aromatic rings. The molecule has 1 heterocycles. The molecular weight excluding hydrogens is 309 g/mol. The topological polar surface area (TPSA) is 69.3 Å². The van der Waals surface area contributed by atoms with Crippen LogP contribution in [0.1, 0.15) is 26.3 Å². The van der Waals surface area contributed by atoms with E-state index in [9.17, 15) is 19.6 Å². The van der Waals surface area contributed by atoms with Gasteiger partial charge >= 0.3 is 6.09 Å². The summed E-state index contributed by atoms with van der Waals surface area (Å²) in [5.41, 5.74) is 0.513. The van der Waals surface area contributed by atoms with Crippen LogP contribution < -0.4 is 0 Å². The first-order valence-electron chi connectivity index (χ1n) is 7.60. The van der Waals surface area contributed by atoms with Crippen molar-refractivity contribution in [2.75, 3.05) is 6.54 Å². The predicted molar refractivity (Wildman–Crippen MR) is 89.0 cm³/mol. The van der Waals surface area contributed by atoms with Crippen molar-refractivity contribution in [1.29, 1.82) is 5.26 Å². The fraction of sp³-hybridized carbons (Fsp3) is 0.333. The van der Waals surface area contributed by atoms with Crippen molar-refractivity contribution >= 4 is 6.09 Å². The van der Waals surface area contributed by atoms with Crippen LogP contribution in [0, 0.1) is 17.3 Å². The Kier molecular flexibility index (Phi) is 4.93. The lowest BCUT2D eigenvalue weighted by Gasteiger charge is -2.33. The van der Waals surface area contributed by atoms with Crippen molar-refractivity contribution in [1.82, 2.24) is 9.47 Å². The van der Waals surface area contributed by atoms with E-state index in [0.29, 0.717) is 5.56 Å². The van der Waals surface area contributed by atoms with Gasteiger partial charge in [-0.1, -0.05) is 30.3 Å². The monoisotopic (exact) mass is 329 g/mol. The van der Waals surface area contributed by atoms with Gasteiger partial charge < -0.3 is 14.6 Å². The van der Waals surface area contributed by atoms with Crippen molar-refractivity contribution in [3.05, 3.63) is 48.0 Å². The van der Waals surface area contributed by atoms with Gasteiger partial charge in [0.1, 0.15) is 6.07 Å². The molecule has 126 valence electrons. The maximum atomic E-state index is 14.8. The molecule has 0 aliphatic carbocycles. The number of benzene rings is 1. The van der Waals surface area contributed by atoms with E-state index in [1.54, 1.807) is 45.0 Å². The number of halogens is 1. The molecule has 1 aromatic heterocycles. The third-order valence-corrected chi connectivity index (χ3v) is 3.80. The van der Waals surface area contributed by atoms with Gasteiger partial charge in [-0.3, -0.25) is 0 Å². The quantitative estimate of drug-likeness (QED) is 0.923. The van der Waals surface area contributed by atoms with Gasteiger partial charge in [-0.05, 0) is 26.3 Å². The van der Waals surface area contributed by atoms with Gasteiger partial charge in [0.15, 0.2) is 0 Å². The molecule has 0 bridgehead atoms. The molecule has 2 rings (SSSR count). The zero-order valence-electron chi connectivity index (χ0n) is 14.0. The molecule has 6 heteroatoms. The number of aromatic nitrogens is 1. The smallest absolute Gasteiger partial charge is 0.407 e. The molecule has 1 amide bonds. The summed E-state index contributed by atoms with van der Waals surface area (Å²) >= 11 is 0. The second-order valence-corrected chi connectivity index (χ2v) is 6.48. The van der Waals surface area contributed by atoms with Gasteiger partial charge in [0.25, 0.3) is 0 Å². The summed E-state index contributed by atoms with van der Waals surface area (Å²) < 4.78 is 16.1. The normalized spacial score (nSPS) is 11.1. The number of nitrogens with zero attached hydrogens (tertiary/aromatic N) is 3. The summed E-state index contributed by atoms with van der Waals surface area (Å²) in [5, 5.41) is 18.6. The van der Waals surface area contributed by atoms with Crippen LogP contribution in [0.2, 0.25) is 0 Å². The number of amides is 1. The number of nitriles is 1. The molecule has 24 heavy (non-hydrogen) atoms. The molecule has 0 fully saturated rings. The van der Waals surface area contributed by atoms with Crippen LogP contribution in [0.15, 0.2) is 36.5 Å². The van der Waals surface area contributed by atoms with E-state index in [0.717, 1.165) is 0 Å². The second-order valence-electron chi connectivity index (χ2n) is 6.48. The Morgan fingerprint density at radius 2 is 1.96 bits per heavy atom. The minimum atomic E-state index is -1.06. The summed E-state index contributed by atoms with van der Waals surface area (Å²) in [4.78, 5) is 12.6. The highest BCUT2D eigenvalue weighted by molar-refractivity contribution is 5.70. The molecule has 1 N–H and O–H groups in total. The highest BCUT2D eigenvalue weighted by Gasteiger charge is 2.26. The van der Waals surface area contributed by atoms with Crippen molar-refractivity contribution < 1.29 is 14.3 Å². The molecule has 0 aliphatic heterocycles. The molecule has 5 nitrogen and oxygen atoms in total. The standard InChI is InChI=1S/C18H20FN3O2/c1-18(2,3)22(17(23)24)10-9-21-12-14(11-20)15(16(21)19)13-7-5-4-6-8-13/h4-8,12H,9-10H2,1-3H3,(H,23,24). The third-order valence-electron chi connectivity index (χ3n) is 3.80. The average molecular weight is 329 g/mol. The van der Waals surface area contributed by atoms with Crippen LogP contribution in [-0.2, 0) is 6.54 Å². The Morgan fingerprint density at radius 3 is 2.46 bits per heavy atom. The van der Waals surface area contributed by atoms with E-state index in [1.165, 1.54) is 15.7 Å². The summed E-state index contributed by atoms with van der Waals surface area (Å²) in [6, 6.07) is 10.9. The molecule has 0 aliphatic rings. The van der Waals surface area contributed by atoms with Gasteiger partial charge in [-0.2, -0.15) is 9.65 Å². The first-order chi connectivity index (χ1) is 11.3. The first kappa shape index (κ1) is 17.5. The Labute approximate surface area is 140 Å². The van der Waals surface area contributed by atoms with Gasteiger partial charge in [-0.25, -0.2) is 4.79 Å². The largest absolute Gasteiger partial charge is 0.465 e. The van der Waals surface area contributed by atoms with Crippen LogP contribution in [-0.4, -0.2) is 32.8 Å². The SMILES string of the molecule is CC(C)(C)N(CCn1cc(C#N)c(-c2ccccc2)c1F)C(=O)O. The molecule has 0 atom stereocenters. The molecular formula is C18H20FN3O2. The van der Waals surface area contributed by atoms with Gasteiger partial charge in [-0.15, -0.1) is 0 Å². The number of rotatable bonds is 4. The first-order valence-corrected chi connectivity index (χ1v) is 7.60. The molecule has 1 aromatic carbocycles. The van der Waals surface area contributed by atoms with Crippen LogP contribution in [0.5, 0.6) is 0 Å².